The molecule has 0 saturated carbocycles. The molecule has 1 unspecified atom stereocenters. The van der Waals surface area contributed by atoms with Gasteiger partial charge >= 0.3 is 22.2 Å². The van der Waals surface area contributed by atoms with Crippen molar-refractivity contribution in [2.24, 2.45) is 0 Å². The molecule has 0 aromatic carbocycles. The summed E-state index contributed by atoms with van der Waals surface area (Å²) in [5.41, 5.74) is 0. The Bertz CT molecular complexity index is 1060. The van der Waals surface area contributed by atoms with Crippen LogP contribution in [0.15, 0.2) is 24.3 Å². The molecule has 55 heavy (non-hydrogen) atoms. The van der Waals surface area contributed by atoms with Crippen molar-refractivity contribution in [1.29, 1.82) is 0 Å². The predicted octanol–water partition coefficient (Wildman–Crippen LogP) is 11.5. The molecule has 0 radical (unpaired) electrons. The van der Waals surface area contributed by atoms with Crippen molar-refractivity contribution in [3.05, 3.63) is 24.3 Å². The summed E-state index contributed by atoms with van der Waals surface area (Å²) in [6.45, 7) is 6.67. The number of hydrogen-bond acceptors (Lipinski definition) is 8. The van der Waals surface area contributed by atoms with Gasteiger partial charge in [-0.25, -0.2) is 0 Å². The topological polar surface area (TPSA) is 111 Å². The van der Waals surface area contributed by atoms with Gasteiger partial charge in [0.15, 0.2) is 6.10 Å². The van der Waals surface area contributed by atoms with E-state index in [1.165, 1.54) is 89.9 Å². The molecule has 0 aliphatic carbocycles. The SMILES string of the molecule is CCCCCCCCC=CCCCCCCCC(=O)OCC(COS(=O)(=O)NCCN1CCCC1)OC(=O)CCCCCCCC=CCCCCCCCC. The second-order valence-corrected chi connectivity index (χ2v) is 17.1. The van der Waals surface area contributed by atoms with Crippen molar-refractivity contribution < 1.29 is 31.7 Å². The zero-order chi connectivity index (χ0) is 39.9. The zero-order valence-electron chi connectivity index (χ0n) is 35.6. The van der Waals surface area contributed by atoms with E-state index in [9.17, 15) is 18.0 Å². The van der Waals surface area contributed by atoms with Crippen molar-refractivity contribution >= 4 is 22.2 Å². The lowest BCUT2D eigenvalue weighted by Gasteiger charge is -2.19. The Balaban J connectivity index is 2.29. The fraction of sp³-hybridized carbons (Fsp3) is 0.867. The summed E-state index contributed by atoms with van der Waals surface area (Å²) in [7, 11) is -4.04. The highest BCUT2D eigenvalue weighted by atomic mass is 32.2. The highest BCUT2D eigenvalue weighted by Gasteiger charge is 2.22. The van der Waals surface area contributed by atoms with Crippen LogP contribution in [0, 0.1) is 0 Å². The van der Waals surface area contributed by atoms with Gasteiger partial charge in [0.05, 0.1) is 0 Å². The van der Waals surface area contributed by atoms with Crippen LogP contribution in [0.3, 0.4) is 0 Å². The van der Waals surface area contributed by atoms with E-state index in [4.69, 9.17) is 13.7 Å². The Morgan fingerprint density at radius 3 is 1.47 bits per heavy atom. The van der Waals surface area contributed by atoms with Gasteiger partial charge in [-0.15, -0.1) is 0 Å². The molecule has 1 saturated heterocycles. The fourth-order valence-electron chi connectivity index (χ4n) is 6.84. The number of allylic oxidation sites excluding steroid dienone is 4. The van der Waals surface area contributed by atoms with Crippen LogP contribution in [-0.2, 0) is 33.6 Å². The van der Waals surface area contributed by atoms with Crippen molar-refractivity contribution in [3.8, 4) is 0 Å². The molecule has 0 spiro atoms. The molecule has 9 nitrogen and oxygen atoms in total. The average Bonchev–Trinajstić information content (AvgIpc) is 3.69. The molecule has 322 valence electrons. The van der Waals surface area contributed by atoms with Gasteiger partial charge in [0.25, 0.3) is 0 Å². The van der Waals surface area contributed by atoms with Gasteiger partial charge in [0.1, 0.15) is 13.2 Å². The van der Waals surface area contributed by atoms with Crippen molar-refractivity contribution in [3.63, 3.8) is 0 Å². The lowest BCUT2D eigenvalue weighted by Crippen LogP contribution is -2.37. The number of carbonyl (C=O) groups is 2. The van der Waals surface area contributed by atoms with Crippen LogP contribution < -0.4 is 4.72 Å². The van der Waals surface area contributed by atoms with Crippen LogP contribution in [0.5, 0.6) is 0 Å². The number of esters is 2. The molecule has 0 aromatic rings. The summed E-state index contributed by atoms with van der Waals surface area (Å²) < 4.78 is 43.7. The van der Waals surface area contributed by atoms with E-state index in [0.717, 1.165) is 96.6 Å². The summed E-state index contributed by atoms with van der Waals surface area (Å²) in [4.78, 5) is 27.4. The molecule has 1 aliphatic rings. The maximum absolute atomic E-state index is 12.7. The summed E-state index contributed by atoms with van der Waals surface area (Å²) in [6.07, 6.45) is 41.6. The lowest BCUT2D eigenvalue weighted by atomic mass is 10.1. The number of nitrogens with zero attached hydrogens (tertiary/aromatic N) is 1. The number of ether oxygens (including phenoxy) is 2. The summed E-state index contributed by atoms with van der Waals surface area (Å²) in [5, 5.41) is 0. The van der Waals surface area contributed by atoms with E-state index in [1.54, 1.807) is 0 Å². The first-order valence-electron chi connectivity index (χ1n) is 22.9. The fourth-order valence-corrected chi connectivity index (χ4v) is 7.60. The molecule has 1 fully saturated rings. The maximum Gasteiger partial charge on any atom is 0.336 e. The first-order chi connectivity index (χ1) is 26.9. The second kappa shape index (κ2) is 37.8. The first kappa shape index (κ1) is 51.3. The summed E-state index contributed by atoms with van der Waals surface area (Å²) >= 11 is 0. The van der Waals surface area contributed by atoms with E-state index < -0.39 is 29.0 Å². The maximum atomic E-state index is 12.7. The molecule has 10 heteroatoms. The van der Waals surface area contributed by atoms with Crippen LogP contribution in [0.4, 0.5) is 0 Å². The third-order valence-corrected chi connectivity index (χ3v) is 11.3. The van der Waals surface area contributed by atoms with Crippen LogP contribution >= 0.6 is 0 Å². The van der Waals surface area contributed by atoms with Crippen molar-refractivity contribution in [2.45, 2.75) is 213 Å². The van der Waals surface area contributed by atoms with Gasteiger partial charge in [0, 0.05) is 25.9 Å². The number of rotatable bonds is 40. The average molecular weight is 797 g/mol. The predicted molar refractivity (Wildman–Crippen MR) is 228 cm³/mol. The largest absolute Gasteiger partial charge is 0.462 e. The van der Waals surface area contributed by atoms with Gasteiger partial charge in [-0.3, -0.25) is 13.8 Å². The smallest absolute Gasteiger partial charge is 0.336 e. The van der Waals surface area contributed by atoms with Crippen LogP contribution in [0.1, 0.15) is 206 Å². The third kappa shape index (κ3) is 35.2. The molecule has 1 rings (SSSR count). The van der Waals surface area contributed by atoms with Gasteiger partial charge in [-0.1, -0.05) is 141 Å². The van der Waals surface area contributed by atoms with Gasteiger partial charge in [-0.2, -0.15) is 13.1 Å². The molecule has 0 aromatic heterocycles. The van der Waals surface area contributed by atoms with Crippen LogP contribution in [0.25, 0.3) is 0 Å². The van der Waals surface area contributed by atoms with Gasteiger partial charge in [0.2, 0.25) is 0 Å². The first-order valence-corrected chi connectivity index (χ1v) is 24.3. The van der Waals surface area contributed by atoms with Crippen LogP contribution in [-0.4, -0.2) is 70.8 Å². The van der Waals surface area contributed by atoms with Crippen LogP contribution in [0.2, 0.25) is 0 Å². The molecule has 0 bridgehead atoms. The van der Waals surface area contributed by atoms with E-state index in [2.05, 4.69) is 47.8 Å². The standard InChI is InChI=1S/C45H84N2O7S/c1-3-5-7-9-11-13-15-17-19-21-23-25-27-29-31-35-44(48)52-41-43(42-53-55(50,51)46-37-40-47-38-33-34-39-47)54-45(49)36-32-30-28-26-24-22-20-18-16-14-12-10-8-6-4-2/h17-20,43,46H,3-16,21-42H2,1-2H3. The Morgan fingerprint density at radius 2 is 1.00 bits per heavy atom. The highest BCUT2D eigenvalue weighted by molar-refractivity contribution is 7.84. The lowest BCUT2D eigenvalue weighted by molar-refractivity contribution is -0.161. The number of unbranched alkanes of at least 4 members (excludes halogenated alkanes) is 22. The number of nitrogens with one attached hydrogen (secondary N) is 1. The van der Waals surface area contributed by atoms with Gasteiger partial charge in [-0.05, 0) is 90.1 Å². The number of carbonyl (C=O) groups excluding carboxylic acids is 2. The van der Waals surface area contributed by atoms with E-state index in [-0.39, 0.29) is 32.0 Å². The highest BCUT2D eigenvalue weighted by Crippen LogP contribution is 2.13. The Morgan fingerprint density at radius 1 is 0.582 bits per heavy atom. The minimum absolute atomic E-state index is 0.231. The van der Waals surface area contributed by atoms with Crippen molar-refractivity contribution in [2.75, 3.05) is 39.4 Å². The minimum Gasteiger partial charge on any atom is -0.462 e. The van der Waals surface area contributed by atoms with Gasteiger partial charge < -0.3 is 14.4 Å². The quantitative estimate of drug-likeness (QED) is 0.0371. The zero-order valence-corrected chi connectivity index (χ0v) is 36.4. The molecular weight excluding hydrogens is 713 g/mol. The number of likely N-dealkylation sites (tertiary alicyclic amines) is 1. The molecular formula is C45H84N2O7S. The van der Waals surface area contributed by atoms with Crippen molar-refractivity contribution in [1.82, 2.24) is 9.62 Å². The monoisotopic (exact) mass is 797 g/mol. The summed E-state index contributed by atoms with van der Waals surface area (Å²) in [6, 6.07) is 0. The normalized spacial score (nSPS) is 14.4. The van der Waals surface area contributed by atoms with E-state index in [1.807, 2.05) is 0 Å². The molecule has 0 amide bonds. The molecule has 1 atom stereocenters. The minimum atomic E-state index is -4.04. The Kier molecular flexibility index (Phi) is 35.2. The molecule has 1 heterocycles. The third-order valence-electron chi connectivity index (χ3n) is 10.3. The number of hydrogen-bond donors (Lipinski definition) is 1. The Hall–Kier alpha value is -1.75. The van der Waals surface area contributed by atoms with E-state index in [0.29, 0.717) is 13.0 Å². The molecule has 1 N–H and O–H groups in total. The Labute approximate surface area is 338 Å². The second-order valence-electron chi connectivity index (χ2n) is 15.6. The molecule has 1 aliphatic heterocycles. The van der Waals surface area contributed by atoms with E-state index >= 15 is 0 Å². The summed E-state index contributed by atoms with van der Waals surface area (Å²) in [5.74, 6) is -0.804.